The molecule has 0 saturated heterocycles. The lowest BCUT2D eigenvalue weighted by molar-refractivity contribution is 0.104. The third-order valence-corrected chi connectivity index (χ3v) is 6.92. The van der Waals surface area contributed by atoms with Crippen molar-refractivity contribution in [3.8, 4) is 11.1 Å². The summed E-state index contributed by atoms with van der Waals surface area (Å²) in [7, 11) is 0. The molecule has 0 aliphatic rings. The lowest BCUT2D eigenvalue weighted by Crippen LogP contribution is -2.35. The van der Waals surface area contributed by atoms with Gasteiger partial charge in [0.05, 0.1) is 18.0 Å². The highest BCUT2D eigenvalue weighted by molar-refractivity contribution is 7.17. The quantitative estimate of drug-likeness (QED) is 0.293. The van der Waals surface area contributed by atoms with Crippen LogP contribution in [0.25, 0.3) is 21.3 Å². The molecule has 2 aromatic carbocycles. The van der Waals surface area contributed by atoms with Gasteiger partial charge in [0.25, 0.3) is 5.56 Å². The molecule has 34 heavy (non-hydrogen) atoms. The average molecular weight is 496 g/mol. The van der Waals surface area contributed by atoms with E-state index in [-0.39, 0.29) is 5.56 Å². The molecule has 4 aromatic rings. The first-order chi connectivity index (χ1) is 16.4. The molecule has 0 fully saturated rings. The number of fused-ring (bicyclic) bond motifs is 1. The second-order valence-corrected chi connectivity index (χ2v) is 10.4. The highest BCUT2D eigenvalue weighted by Gasteiger charge is 2.17. The van der Waals surface area contributed by atoms with Crippen LogP contribution in [0.15, 0.2) is 64.8 Å². The largest absolute Gasteiger partial charge is 0.391 e. The Balaban J connectivity index is 1.55. The summed E-state index contributed by atoms with van der Waals surface area (Å²) in [5.74, 6) is 1.16. The molecule has 7 heteroatoms. The van der Waals surface area contributed by atoms with Crippen molar-refractivity contribution >= 4 is 33.2 Å². The van der Waals surface area contributed by atoms with Crippen LogP contribution >= 0.6 is 22.9 Å². The first-order valence-electron chi connectivity index (χ1n) is 11.6. The number of H-pyrrole nitrogens is 1. The maximum atomic E-state index is 13.1. The van der Waals surface area contributed by atoms with Crippen LogP contribution in [0.3, 0.4) is 0 Å². The number of rotatable bonds is 10. The third kappa shape index (κ3) is 6.33. The molecule has 4 rings (SSSR count). The predicted octanol–water partition coefficient (Wildman–Crippen LogP) is 5.76. The monoisotopic (exact) mass is 495 g/mol. The Bertz CT molecular complexity index is 1290. The maximum Gasteiger partial charge on any atom is 0.260 e. The van der Waals surface area contributed by atoms with Crippen LogP contribution < -0.4 is 5.56 Å². The van der Waals surface area contributed by atoms with E-state index >= 15 is 0 Å². The highest BCUT2D eigenvalue weighted by atomic mass is 35.5. The van der Waals surface area contributed by atoms with Crippen molar-refractivity contribution in [2.45, 2.75) is 39.3 Å². The lowest BCUT2D eigenvalue weighted by atomic mass is 10.1. The van der Waals surface area contributed by atoms with Crippen molar-refractivity contribution in [2.24, 2.45) is 5.92 Å². The van der Waals surface area contributed by atoms with E-state index in [9.17, 15) is 9.90 Å². The second kappa shape index (κ2) is 11.3. The number of thiophene rings is 1. The predicted molar refractivity (Wildman–Crippen MR) is 142 cm³/mol. The Labute approximate surface area is 209 Å². The molecule has 2 aromatic heterocycles. The topological polar surface area (TPSA) is 69.2 Å². The zero-order chi connectivity index (χ0) is 24.1. The van der Waals surface area contributed by atoms with Gasteiger partial charge in [0.2, 0.25) is 0 Å². The third-order valence-electron chi connectivity index (χ3n) is 5.81. The van der Waals surface area contributed by atoms with E-state index < -0.39 is 6.10 Å². The molecule has 5 nitrogen and oxygen atoms in total. The summed E-state index contributed by atoms with van der Waals surface area (Å²) in [5.41, 5.74) is 2.71. The Hall–Kier alpha value is -2.51. The number of aromatic amines is 1. The number of nitrogens with zero attached hydrogens (tertiary/aromatic N) is 2. The SMILES string of the molecule is CC(C)CCN(Cc1nc2scc(-c3cccc(Cl)c3)c2c(=O)[nH]1)CC(O)Cc1ccccc1. The normalized spacial score (nSPS) is 12.6. The first kappa shape index (κ1) is 24.6. The fourth-order valence-corrected chi connectivity index (χ4v) is 5.23. The minimum atomic E-state index is -0.499. The van der Waals surface area contributed by atoms with Crippen molar-refractivity contribution in [3.63, 3.8) is 0 Å². The van der Waals surface area contributed by atoms with Gasteiger partial charge < -0.3 is 10.1 Å². The lowest BCUT2D eigenvalue weighted by Gasteiger charge is -2.25. The van der Waals surface area contributed by atoms with E-state index in [1.54, 1.807) is 0 Å². The van der Waals surface area contributed by atoms with Gasteiger partial charge >= 0.3 is 0 Å². The Morgan fingerprint density at radius 1 is 1.15 bits per heavy atom. The number of nitrogens with one attached hydrogen (secondary N) is 1. The van der Waals surface area contributed by atoms with Crippen molar-refractivity contribution in [1.29, 1.82) is 0 Å². The molecule has 0 spiro atoms. The van der Waals surface area contributed by atoms with E-state index in [1.807, 2.05) is 60.0 Å². The summed E-state index contributed by atoms with van der Waals surface area (Å²) in [5, 5.41) is 13.9. The number of hydrogen-bond donors (Lipinski definition) is 2. The summed E-state index contributed by atoms with van der Waals surface area (Å²) in [4.78, 5) is 23.7. The number of hydrogen-bond acceptors (Lipinski definition) is 5. The number of benzene rings is 2. The van der Waals surface area contributed by atoms with Gasteiger partial charge in [0.15, 0.2) is 0 Å². The van der Waals surface area contributed by atoms with E-state index in [1.165, 1.54) is 11.3 Å². The molecular weight excluding hydrogens is 466 g/mol. The standard InChI is InChI=1S/C27H30ClN3O2S/c1-18(2)11-12-31(15-22(32)13-19-7-4-3-5-8-19)16-24-29-26(33)25-23(17-34-27(25)30-24)20-9-6-10-21(28)14-20/h3-10,14,17-18,22,32H,11-13,15-16H2,1-2H3,(H,29,30,33). The van der Waals surface area contributed by atoms with E-state index in [2.05, 4.69) is 23.7 Å². The van der Waals surface area contributed by atoms with Crippen LogP contribution in [-0.4, -0.2) is 39.2 Å². The van der Waals surface area contributed by atoms with Gasteiger partial charge in [-0.05, 0) is 48.6 Å². The molecule has 1 atom stereocenters. The van der Waals surface area contributed by atoms with E-state index in [0.717, 1.165) is 29.7 Å². The second-order valence-electron chi connectivity index (χ2n) is 9.11. The fourth-order valence-electron chi connectivity index (χ4n) is 4.07. The molecule has 178 valence electrons. The van der Waals surface area contributed by atoms with Crippen LogP contribution in [0.4, 0.5) is 0 Å². The molecule has 1 unspecified atom stereocenters. The van der Waals surface area contributed by atoms with Gasteiger partial charge in [-0.25, -0.2) is 4.98 Å². The molecule has 0 bridgehead atoms. The Morgan fingerprint density at radius 3 is 2.68 bits per heavy atom. The number of aliphatic hydroxyl groups excluding tert-OH is 1. The van der Waals surface area contributed by atoms with E-state index in [0.29, 0.717) is 46.5 Å². The Morgan fingerprint density at radius 2 is 1.94 bits per heavy atom. The molecule has 0 aliphatic heterocycles. The van der Waals surface area contributed by atoms with Crippen molar-refractivity contribution in [3.05, 3.63) is 86.7 Å². The van der Waals surface area contributed by atoms with Gasteiger partial charge in [-0.2, -0.15) is 0 Å². The summed E-state index contributed by atoms with van der Waals surface area (Å²) >= 11 is 7.62. The molecule has 0 radical (unpaired) electrons. The minimum Gasteiger partial charge on any atom is -0.391 e. The zero-order valence-electron chi connectivity index (χ0n) is 19.5. The van der Waals surface area contributed by atoms with Crippen LogP contribution in [0, 0.1) is 5.92 Å². The van der Waals surface area contributed by atoms with Gasteiger partial charge in [0, 0.05) is 22.5 Å². The highest BCUT2D eigenvalue weighted by Crippen LogP contribution is 2.32. The smallest absolute Gasteiger partial charge is 0.260 e. The summed E-state index contributed by atoms with van der Waals surface area (Å²) in [6, 6.07) is 17.5. The number of aromatic nitrogens is 2. The van der Waals surface area contributed by atoms with Gasteiger partial charge in [0.1, 0.15) is 10.7 Å². The first-order valence-corrected chi connectivity index (χ1v) is 12.9. The summed E-state index contributed by atoms with van der Waals surface area (Å²) in [6.07, 6.45) is 1.10. The summed E-state index contributed by atoms with van der Waals surface area (Å²) in [6.45, 7) is 6.20. The van der Waals surface area contributed by atoms with Crippen LogP contribution in [0.1, 0.15) is 31.7 Å². The van der Waals surface area contributed by atoms with Crippen molar-refractivity contribution < 1.29 is 5.11 Å². The number of aliphatic hydroxyl groups is 1. The van der Waals surface area contributed by atoms with Crippen LogP contribution in [-0.2, 0) is 13.0 Å². The average Bonchev–Trinajstić information content (AvgIpc) is 3.23. The maximum absolute atomic E-state index is 13.1. The minimum absolute atomic E-state index is 0.148. The number of halogens is 1. The van der Waals surface area contributed by atoms with Crippen LogP contribution in [0.2, 0.25) is 5.02 Å². The van der Waals surface area contributed by atoms with Crippen molar-refractivity contribution in [2.75, 3.05) is 13.1 Å². The van der Waals surface area contributed by atoms with Gasteiger partial charge in [-0.3, -0.25) is 9.69 Å². The molecule has 2 heterocycles. The van der Waals surface area contributed by atoms with Gasteiger partial charge in [-0.15, -0.1) is 11.3 Å². The molecule has 0 saturated carbocycles. The molecular formula is C27H30ClN3O2S. The molecule has 0 aliphatic carbocycles. The van der Waals surface area contributed by atoms with Crippen molar-refractivity contribution in [1.82, 2.24) is 14.9 Å². The summed E-state index contributed by atoms with van der Waals surface area (Å²) < 4.78 is 0. The Kier molecular flexibility index (Phi) is 8.16. The zero-order valence-corrected chi connectivity index (χ0v) is 21.1. The van der Waals surface area contributed by atoms with E-state index in [4.69, 9.17) is 16.6 Å². The van der Waals surface area contributed by atoms with Crippen LogP contribution in [0.5, 0.6) is 0 Å². The van der Waals surface area contributed by atoms with Gasteiger partial charge in [-0.1, -0.05) is 67.9 Å². The fraction of sp³-hybridized carbons (Fsp3) is 0.333. The molecule has 0 amide bonds. The molecule has 2 N–H and O–H groups in total.